The van der Waals surface area contributed by atoms with E-state index in [1.54, 1.807) is 6.20 Å². The van der Waals surface area contributed by atoms with Crippen LogP contribution in [0.15, 0.2) is 34.9 Å². The van der Waals surface area contributed by atoms with Gasteiger partial charge >= 0.3 is 0 Å². The van der Waals surface area contributed by atoms with E-state index in [0.29, 0.717) is 0 Å². The molecule has 3 nitrogen and oxygen atoms in total. The zero-order chi connectivity index (χ0) is 12.3. The Balaban J connectivity index is 2.24. The highest BCUT2D eigenvalue weighted by Gasteiger charge is 2.11. The maximum absolute atomic E-state index is 5.72. The maximum atomic E-state index is 5.72. The minimum atomic E-state index is 0.138. The van der Waals surface area contributed by atoms with Gasteiger partial charge in [-0.25, -0.2) is 4.98 Å². The average Bonchev–Trinajstić information content (AvgIpc) is 2.87. The molecule has 2 rings (SSSR count). The van der Waals surface area contributed by atoms with Gasteiger partial charge in [-0.15, -0.1) is 0 Å². The van der Waals surface area contributed by atoms with Crippen molar-refractivity contribution in [1.29, 1.82) is 0 Å². The first-order valence-corrected chi connectivity index (χ1v) is 5.97. The molecule has 0 aliphatic heterocycles. The van der Waals surface area contributed by atoms with Crippen LogP contribution in [0.4, 0.5) is 0 Å². The first-order chi connectivity index (χ1) is 8.24. The van der Waals surface area contributed by atoms with Crippen molar-refractivity contribution in [3.8, 4) is 11.3 Å². The van der Waals surface area contributed by atoms with Crippen molar-refractivity contribution in [2.75, 3.05) is 7.05 Å². The van der Waals surface area contributed by atoms with E-state index in [4.69, 9.17) is 4.42 Å². The van der Waals surface area contributed by atoms with Crippen LogP contribution >= 0.6 is 0 Å². The molecule has 1 atom stereocenters. The lowest BCUT2D eigenvalue weighted by molar-refractivity contribution is 0.441. The normalized spacial score (nSPS) is 12.6. The summed E-state index contributed by atoms with van der Waals surface area (Å²) in [6.07, 6.45) is 2.84. The van der Waals surface area contributed by atoms with Crippen molar-refractivity contribution in [2.45, 2.75) is 26.3 Å². The number of hydrogen-bond acceptors (Lipinski definition) is 3. The number of rotatable bonds is 4. The van der Waals surface area contributed by atoms with E-state index < -0.39 is 0 Å². The van der Waals surface area contributed by atoms with Crippen LogP contribution in [0.1, 0.15) is 31.3 Å². The van der Waals surface area contributed by atoms with Gasteiger partial charge in [0, 0.05) is 5.56 Å². The summed E-state index contributed by atoms with van der Waals surface area (Å²) >= 11 is 0. The van der Waals surface area contributed by atoms with Crippen molar-refractivity contribution in [3.05, 3.63) is 41.9 Å². The maximum Gasteiger partial charge on any atom is 0.211 e. The molecule has 0 saturated carbocycles. The van der Waals surface area contributed by atoms with Crippen molar-refractivity contribution in [2.24, 2.45) is 0 Å². The largest absolute Gasteiger partial charge is 0.439 e. The molecule has 0 aliphatic carbocycles. The molecule has 90 valence electrons. The summed E-state index contributed by atoms with van der Waals surface area (Å²) in [5.74, 6) is 1.55. The molecule has 2 aromatic rings. The molecule has 0 fully saturated rings. The van der Waals surface area contributed by atoms with Crippen LogP contribution in [-0.2, 0) is 6.42 Å². The molecule has 0 saturated heterocycles. The first-order valence-electron chi connectivity index (χ1n) is 5.97. The third-order valence-electron chi connectivity index (χ3n) is 2.97. The molecule has 1 aromatic carbocycles. The minimum absolute atomic E-state index is 0.138. The van der Waals surface area contributed by atoms with E-state index in [1.807, 2.05) is 14.0 Å². The second-order valence-electron chi connectivity index (χ2n) is 4.12. The van der Waals surface area contributed by atoms with Crippen molar-refractivity contribution in [3.63, 3.8) is 0 Å². The van der Waals surface area contributed by atoms with Gasteiger partial charge in [-0.1, -0.05) is 31.2 Å². The van der Waals surface area contributed by atoms with Crippen molar-refractivity contribution < 1.29 is 4.42 Å². The molecule has 1 heterocycles. The van der Waals surface area contributed by atoms with E-state index in [2.05, 4.69) is 41.5 Å². The fourth-order valence-electron chi connectivity index (χ4n) is 1.65. The summed E-state index contributed by atoms with van der Waals surface area (Å²) in [7, 11) is 1.89. The van der Waals surface area contributed by atoms with Gasteiger partial charge < -0.3 is 9.73 Å². The number of nitrogens with one attached hydrogen (secondary N) is 1. The molecule has 17 heavy (non-hydrogen) atoms. The molecule has 0 aliphatic rings. The van der Waals surface area contributed by atoms with Gasteiger partial charge in [0.1, 0.15) is 0 Å². The third-order valence-corrected chi connectivity index (χ3v) is 2.97. The lowest BCUT2D eigenvalue weighted by atomic mass is 10.1. The number of oxazole rings is 1. The summed E-state index contributed by atoms with van der Waals surface area (Å²) in [6, 6.07) is 8.54. The number of aromatic nitrogens is 1. The Morgan fingerprint density at radius 1 is 1.29 bits per heavy atom. The Morgan fingerprint density at radius 3 is 2.59 bits per heavy atom. The van der Waals surface area contributed by atoms with Crippen molar-refractivity contribution >= 4 is 0 Å². The van der Waals surface area contributed by atoms with Gasteiger partial charge in [0.15, 0.2) is 5.76 Å². The topological polar surface area (TPSA) is 38.1 Å². The van der Waals surface area contributed by atoms with Crippen LogP contribution in [0, 0.1) is 0 Å². The van der Waals surface area contributed by atoms with Gasteiger partial charge in [0.25, 0.3) is 0 Å². The standard InChI is InChI=1S/C14H18N2O/c1-4-11-5-7-12(8-6-11)13-9-16-14(17-13)10(2)15-3/h5-10,15H,4H2,1-3H3. The smallest absolute Gasteiger partial charge is 0.211 e. The number of hydrogen-bond donors (Lipinski definition) is 1. The predicted octanol–water partition coefficient (Wildman–Crippen LogP) is 3.18. The van der Waals surface area contributed by atoms with Crippen LogP contribution in [-0.4, -0.2) is 12.0 Å². The molecular weight excluding hydrogens is 212 g/mol. The zero-order valence-electron chi connectivity index (χ0n) is 10.5. The molecule has 1 aromatic heterocycles. The second kappa shape index (κ2) is 5.15. The second-order valence-corrected chi connectivity index (χ2v) is 4.12. The third kappa shape index (κ3) is 2.56. The Kier molecular flexibility index (Phi) is 3.59. The Bertz CT molecular complexity index is 473. The molecular formula is C14H18N2O. The fourth-order valence-corrected chi connectivity index (χ4v) is 1.65. The fraction of sp³-hybridized carbons (Fsp3) is 0.357. The minimum Gasteiger partial charge on any atom is -0.439 e. The first kappa shape index (κ1) is 11.9. The van der Waals surface area contributed by atoms with Gasteiger partial charge in [0.2, 0.25) is 5.89 Å². The van der Waals surface area contributed by atoms with E-state index >= 15 is 0 Å². The number of benzene rings is 1. The van der Waals surface area contributed by atoms with Crippen LogP contribution in [0.3, 0.4) is 0 Å². The predicted molar refractivity (Wildman–Crippen MR) is 68.8 cm³/mol. The summed E-state index contributed by atoms with van der Waals surface area (Å²) < 4.78 is 5.72. The van der Waals surface area contributed by atoms with Crippen LogP contribution in [0.2, 0.25) is 0 Å². The van der Waals surface area contributed by atoms with E-state index in [1.165, 1.54) is 5.56 Å². The number of aryl methyl sites for hydroxylation is 1. The molecule has 0 amide bonds. The summed E-state index contributed by atoms with van der Waals surface area (Å²) in [5.41, 5.74) is 2.40. The van der Waals surface area contributed by atoms with E-state index in [-0.39, 0.29) is 6.04 Å². The molecule has 0 spiro atoms. The lowest BCUT2D eigenvalue weighted by Gasteiger charge is -2.04. The van der Waals surface area contributed by atoms with E-state index in [9.17, 15) is 0 Å². The van der Waals surface area contributed by atoms with Crippen LogP contribution in [0.5, 0.6) is 0 Å². The SMILES string of the molecule is CCc1ccc(-c2cnc(C(C)NC)o2)cc1. The Morgan fingerprint density at radius 2 is 2.00 bits per heavy atom. The van der Waals surface area contributed by atoms with Gasteiger partial charge in [0.05, 0.1) is 12.2 Å². The van der Waals surface area contributed by atoms with Gasteiger partial charge in [-0.05, 0) is 26.0 Å². The summed E-state index contributed by atoms with van der Waals surface area (Å²) in [4.78, 5) is 4.28. The van der Waals surface area contributed by atoms with Crippen LogP contribution < -0.4 is 5.32 Å². The highest BCUT2D eigenvalue weighted by molar-refractivity contribution is 5.56. The quantitative estimate of drug-likeness (QED) is 0.876. The average molecular weight is 230 g/mol. The molecule has 3 heteroatoms. The van der Waals surface area contributed by atoms with E-state index in [0.717, 1.165) is 23.6 Å². The molecule has 1 unspecified atom stereocenters. The Labute approximate surface area is 102 Å². The molecule has 0 bridgehead atoms. The van der Waals surface area contributed by atoms with Gasteiger partial charge in [-0.2, -0.15) is 0 Å². The van der Waals surface area contributed by atoms with Crippen molar-refractivity contribution in [1.82, 2.24) is 10.3 Å². The monoisotopic (exact) mass is 230 g/mol. The van der Waals surface area contributed by atoms with Crippen LogP contribution in [0.25, 0.3) is 11.3 Å². The zero-order valence-corrected chi connectivity index (χ0v) is 10.5. The highest BCUT2D eigenvalue weighted by Crippen LogP contribution is 2.23. The Hall–Kier alpha value is -1.61. The highest BCUT2D eigenvalue weighted by atomic mass is 16.4. The van der Waals surface area contributed by atoms with Gasteiger partial charge in [-0.3, -0.25) is 0 Å². The summed E-state index contributed by atoms with van der Waals surface area (Å²) in [5, 5.41) is 3.11. The lowest BCUT2D eigenvalue weighted by Crippen LogP contribution is -2.12. The number of nitrogens with zero attached hydrogens (tertiary/aromatic N) is 1. The molecule has 1 N–H and O–H groups in total. The molecule has 0 radical (unpaired) electrons. The summed E-state index contributed by atoms with van der Waals surface area (Å²) in [6.45, 7) is 4.17.